The zero-order valence-corrected chi connectivity index (χ0v) is 21.7. The molecule has 0 saturated heterocycles. The van der Waals surface area contributed by atoms with Crippen molar-refractivity contribution in [3.8, 4) is 17.6 Å². The summed E-state index contributed by atoms with van der Waals surface area (Å²) in [5, 5.41) is 9.78. The average molecular weight is 499 g/mol. The molecule has 0 radical (unpaired) electrons. The molecule has 1 aliphatic rings. The van der Waals surface area contributed by atoms with Crippen LogP contribution in [-0.2, 0) is 10.0 Å². The van der Waals surface area contributed by atoms with Crippen molar-refractivity contribution < 1.29 is 23.1 Å². The number of sulfonamides is 1. The van der Waals surface area contributed by atoms with Crippen LogP contribution in [0.25, 0.3) is 0 Å². The summed E-state index contributed by atoms with van der Waals surface area (Å²) in [6.45, 7) is 7.63. The fourth-order valence-electron chi connectivity index (χ4n) is 3.90. The van der Waals surface area contributed by atoms with E-state index >= 15 is 0 Å². The quantitative estimate of drug-likeness (QED) is 0.640. The third-order valence-corrected chi connectivity index (χ3v) is 8.01. The van der Waals surface area contributed by atoms with Gasteiger partial charge < -0.3 is 14.7 Å². The van der Waals surface area contributed by atoms with Crippen LogP contribution in [-0.4, -0.2) is 67.5 Å². The van der Waals surface area contributed by atoms with Crippen LogP contribution >= 0.6 is 0 Å². The van der Waals surface area contributed by atoms with Crippen molar-refractivity contribution in [2.24, 2.45) is 11.8 Å². The molecule has 0 saturated carbocycles. The van der Waals surface area contributed by atoms with Gasteiger partial charge in [0, 0.05) is 42.6 Å². The Labute approximate surface area is 208 Å². The highest BCUT2D eigenvalue weighted by molar-refractivity contribution is 7.89. The van der Waals surface area contributed by atoms with Crippen molar-refractivity contribution in [3.05, 3.63) is 59.7 Å². The topological polar surface area (TPSA) is 87.2 Å². The third-order valence-electron chi connectivity index (χ3n) is 5.99. The Balaban J connectivity index is 2.02. The Morgan fingerprint density at radius 2 is 1.89 bits per heavy atom. The van der Waals surface area contributed by atoms with E-state index in [1.54, 1.807) is 43.1 Å². The summed E-state index contributed by atoms with van der Waals surface area (Å²) < 4.78 is 34.8. The first kappa shape index (κ1) is 26.7. The lowest BCUT2D eigenvalue weighted by atomic mass is 10.0. The molecule has 0 fully saturated rings. The van der Waals surface area contributed by atoms with E-state index in [4.69, 9.17) is 4.74 Å². The second-order valence-corrected chi connectivity index (χ2v) is 11.2. The molecule has 188 valence electrons. The summed E-state index contributed by atoms with van der Waals surface area (Å²) in [6, 6.07) is 13.2. The molecule has 0 bridgehead atoms. The maximum atomic E-state index is 13.6. The van der Waals surface area contributed by atoms with Crippen LogP contribution in [0.3, 0.4) is 0 Å². The summed E-state index contributed by atoms with van der Waals surface area (Å²) in [5.74, 6) is 6.11. The molecule has 8 heteroatoms. The van der Waals surface area contributed by atoms with E-state index in [9.17, 15) is 18.3 Å². The molecule has 1 amide bonds. The molecule has 3 rings (SSSR count). The second kappa shape index (κ2) is 11.3. The zero-order valence-electron chi connectivity index (χ0n) is 20.9. The number of aliphatic hydroxyl groups excluding tert-OH is 1. The molecule has 0 aromatic heterocycles. The van der Waals surface area contributed by atoms with E-state index in [0.29, 0.717) is 11.1 Å². The van der Waals surface area contributed by atoms with E-state index in [1.165, 1.54) is 10.4 Å². The number of nitrogens with zero attached hydrogens (tertiary/aromatic N) is 2. The number of aliphatic hydroxyl groups is 1. The van der Waals surface area contributed by atoms with Crippen LogP contribution in [0, 0.1) is 23.7 Å². The minimum Gasteiger partial charge on any atom is -0.487 e. The summed E-state index contributed by atoms with van der Waals surface area (Å²) >= 11 is 0. The summed E-state index contributed by atoms with van der Waals surface area (Å²) in [4.78, 5) is 14.6. The Morgan fingerprint density at radius 3 is 2.51 bits per heavy atom. The van der Waals surface area contributed by atoms with Crippen LogP contribution in [0.5, 0.6) is 5.75 Å². The molecule has 0 aliphatic carbocycles. The number of hydrogen-bond acceptors (Lipinski definition) is 5. The third kappa shape index (κ3) is 6.23. The van der Waals surface area contributed by atoms with E-state index in [0.717, 1.165) is 0 Å². The Morgan fingerprint density at radius 1 is 1.20 bits per heavy atom. The van der Waals surface area contributed by atoms with Gasteiger partial charge in [-0.3, -0.25) is 4.79 Å². The molecule has 2 aromatic carbocycles. The molecule has 35 heavy (non-hydrogen) atoms. The van der Waals surface area contributed by atoms with Crippen molar-refractivity contribution in [2.45, 2.75) is 44.7 Å². The van der Waals surface area contributed by atoms with Gasteiger partial charge in [-0.2, -0.15) is 4.31 Å². The minimum absolute atomic E-state index is 0.0295. The standard InChI is InChI=1S/C27H34N2O5S/c1-19(2)11-12-22-13-14-26-24(15-22)34-25(17-28(5)27(31)23-9-7-6-8-10-23)20(3)16-29(21(4)18-30)35(26,32)33/h6-10,13-15,19-21,25,30H,16-18H2,1-5H3/t20-,21+,25-/m1/s1. The van der Waals surface area contributed by atoms with Gasteiger partial charge in [0.15, 0.2) is 0 Å². The molecule has 0 unspecified atom stereocenters. The van der Waals surface area contributed by atoms with Crippen molar-refractivity contribution in [3.63, 3.8) is 0 Å². The molecule has 3 atom stereocenters. The van der Waals surface area contributed by atoms with Crippen LogP contribution in [0.1, 0.15) is 43.6 Å². The van der Waals surface area contributed by atoms with Gasteiger partial charge in [0.05, 0.1) is 13.2 Å². The van der Waals surface area contributed by atoms with E-state index < -0.39 is 22.2 Å². The largest absolute Gasteiger partial charge is 0.487 e. The number of benzene rings is 2. The first-order chi connectivity index (χ1) is 16.5. The van der Waals surface area contributed by atoms with Gasteiger partial charge in [-0.1, -0.05) is 50.8 Å². The van der Waals surface area contributed by atoms with Gasteiger partial charge in [0.25, 0.3) is 5.91 Å². The molecule has 7 nitrogen and oxygen atoms in total. The summed E-state index contributed by atoms with van der Waals surface area (Å²) in [7, 11) is -2.22. The zero-order chi connectivity index (χ0) is 25.8. The number of rotatable bonds is 5. The molecule has 1 N–H and O–H groups in total. The molecule has 1 aliphatic heterocycles. The number of hydrogen-bond donors (Lipinski definition) is 1. The number of likely N-dealkylation sites (N-methyl/N-ethyl adjacent to an activating group) is 1. The van der Waals surface area contributed by atoms with Crippen LogP contribution in [0.15, 0.2) is 53.4 Å². The van der Waals surface area contributed by atoms with Crippen molar-refractivity contribution in [1.82, 2.24) is 9.21 Å². The van der Waals surface area contributed by atoms with Crippen molar-refractivity contribution in [2.75, 3.05) is 26.7 Å². The van der Waals surface area contributed by atoms with Gasteiger partial charge in [-0.25, -0.2) is 8.42 Å². The Hall–Kier alpha value is -2.86. The normalized spacial score (nSPS) is 20.4. The number of fused-ring (bicyclic) bond motifs is 1. The molecule has 1 heterocycles. The lowest BCUT2D eigenvalue weighted by Crippen LogP contribution is -2.50. The monoisotopic (exact) mass is 498 g/mol. The fraction of sp³-hybridized carbons (Fsp3) is 0.444. The van der Waals surface area contributed by atoms with Crippen LogP contribution in [0.2, 0.25) is 0 Å². The summed E-state index contributed by atoms with van der Waals surface area (Å²) in [5.41, 5.74) is 1.22. The fourth-order valence-corrected chi connectivity index (χ4v) is 5.73. The van der Waals surface area contributed by atoms with E-state index in [1.807, 2.05) is 39.0 Å². The molecular formula is C27H34N2O5S. The number of carbonyl (C=O) groups is 1. The highest BCUT2D eigenvalue weighted by Crippen LogP contribution is 2.34. The first-order valence-corrected chi connectivity index (χ1v) is 13.2. The van der Waals surface area contributed by atoms with Crippen molar-refractivity contribution >= 4 is 15.9 Å². The van der Waals surface area contributed by atoms with Gasteiger partial charge >= 0.3 is 0 Å². The highest BCUT2D eigenvalue weighted by atomic mass is 32.2. The predicted molar refractivity (Wildman–Crippen MR) is 136 cm³/mol. The van der Waals surface area contributed by atoms with Gasteiger partial charge in [0.2, 0.25) is 10.0 Å². The van der Waals surface area contributed by atoms with Gasteiger partial charge in [-0.05, 0) is 37.3 Å². The number of carbonyl (C=O) groups excluding carboxylic acids is 1. The lowest BCUT2D eigenvalue weighted by molar-refractivity contribution is 0.0563. The molecule has 0 spiro atoms. The minimum atomic E-state index is -3.93. The highest BCUT2D eigenvalue weighted by Gasteiger charge is 2.38. The smallest absolute Gasteiger partial charge is 0.253 e. The maximum Gasteiger partial charge on any atom is 0.253 e. The Kier molecular flexibility index (Phi) is 8.60. The molecular weight excluding hydrogens is 464 g/mol. The van der Waals surface area contributed by atoms with Crippen molar-refractivity contribution in [1.29, 1.82) is 0 Å². The van der Waals surface area contributed by atoms with E-state index in [2.05, 4.69) is 11.8 Å². The second-order valence-electron chi connectivity index (χ2n) is 9.38. The van der Waals surface area contributed by atoms with E-state index in [-0.39, 0.29) is 48.1 Å². The van der Waals surface area contributed by atoms with Gasteiger partial charge in [0.1, 0.15) is 16.7 Å². The number of ether oxygens (including phenoxy) is 1. The summed E-state index contributed by atoms with van der Waals surface area (Å²) in [6.07, 6.45) is -0.483. The Bertz CT molecular complexity index is 1200. The maximum absolute atomic E-state index is 13.6. The number of amides is 1. The molecule has 2 aromatic rings. The predicted octanol–water partition coefficient (Wildman–Crippen LogP) is 3.23. The van der Waals surface area contributed by atoms with Gasteiger partial charge in [-0.15, -0.1) is 0 Å². The SMILES string of the molecule is CC(C)C#Cc1ccc2c(c1)O[C@H](CN(C)C(=O)c1ccccc1)[C@H](C)CN([C@@H](C)CO)S2(=O)=O. The van der Waals surface area contributed by atoms with Crippen LogP contribution in [0.4, 0.5) is 0 Å². The van der Waals surface area contributed by atoms with Crippen LogP contribution < -0.4 is 4.74 Å². The lowest BCUT2D eigenvalue weighted by Gasteiger charge is -2.37. The average Bonchev–Trinajstić information content (AvgIpc) is 2.84. The first-order valence-electron chi connectivity index (χ1n) is 11.8.